The van der Waals surface area contributed by atoms with E-state index in [1.54, 1.807) is 0 Å². The van der Waals surface area contributed by atoms with E-state index in [1.165, 1.54) is 19.4 Å². The maximum atomic E-state index is 5.95. The lowest BCUT2D eigenvalue weighted by Crippen LogP contribution is -2.38. The average Bonchev–Trinajstić information content (AvgIpc) is 2.82. The highest BCUT2D eigenvalue weighted by Gasteiger charge is 2.47. The van der Waals surface area contributed by atoms with Crippen molar-refractivity contribution in [1.82, 2.24) is 4.90 Å². The summed E-state index contributed by atoms with van der Waals surface area (Å²) in [7, 11) is 0. The molecule has 0 N–H and O–H groups in total. The molecule has 2 nitrogen and oxygen atoms in total. The van der Waals surface area contributed by atoms with Crippen LogP contribution < -0.4 is 0 Å². The van der Waals surface area contributed by atoms with Gasteiger partial charge in [0.05, 0.1) is 12.2 Å². The normalized spacial score (nSPS) is 33.7. The van der Waals surface area contributed by atoms with Gasteiger partial charge in [-0.25, -0.2) is 0 Å². The summed E-state index contributed by atoms with van der Waals surface area (Å²) in [5.74, 6) is 0.697. The Morgan fingerprint density at radius 3 is 2.62 bits per heavy atom. The summed E-state index contributed by atoms with van der Waals surface area (Å²) in [5.41, 5.74) is 0.273. The molecule has 1 atom stereocenters. The molecule has 76 valence electrons. The lowest BCUT2D eigenvalue weighted by atomic mass is 10.1. The molecule has 1 aliphatic heterocycles. The van der Waals surface area contributed by atoms with Crippen LogP contribution in [0.5, 0.6) is 0 Å². The van der Waals surface area contributed by atoms with Crippen LogP contribution in [0, 0.1) is 5.92 Å². The maximum Gasteiger partial charge on any atom is 0.0811 e. The molecule has 1 spiro atoms. The smallest absolute Gasteiger partial charge is 0.0811 e. The van der Waals surface area contributed by atoms with Crippen LogP contribution in [-0.4, -0.2) is 36.2 Å². The molecule has 2 heteroatoms. The first-order chi connectivity index (χ1) is 6.11. The van der Waals surface area contributed by atoms with Gasteiger partial charge in [0.1, 0.15) is 0 Å². The molecule has 2 fully saturated rings. The molecule has 0 radical (unpaired) electrons. The lowest BCUT2D eigenvalue weighted by Gasteiger charge is -2.27. The summed E-state index contributed by atoms with van der Waals surface area (Å²) in [6.45, 7) is 10.2. The Hall–Kier alpha value is -0.0800. The van der Waals surface area contributed by atoms with Gasteiger partial charge in [0, 0.05) is 19.1 Å². The molecule has 2 rings (SSSR count). The third-order valence-corrected chi connectivity index (χ3v) is 3.25. The zero-order valence-electron chi connectivity index (χ0n) is 9.05. The Labute approximate surface area is 81.3 Å². The van der Waals surface area contributed by atoms with E-state index in [-0.39, 0.29) is 5.60 Å². The first-order valence-corrected chi connectivity index (χ1v) is 5.49. The molecule has 0 aromatic carbocycles. The van der Waals surface area contributed by atoms with E-state index in [9.17, 15) is 0 Å². The van der Waals surface area contributed by atoms with Crippen molar-refractivity contribution in [2.45, 2.75) is 45.3 Å². The third-order valence-electron chi connectivity index (χ3n) is 3.25. The van der Waals surface area contributed by atoms with Gasteiger partial charge >= 0.3 is 0 Å². The monoisotopic (exact) mass is 183 g/mol. The largest absolute Gasteiger partial charge is 0.373 e. The maximum absolute atomic E-state index is 5.95. The van der Waals surface area contributed by atoms with Gasteiger partial charge < -0.3 is 4.74 Å². The van der Waals surface area contributed by atoms with E-state index >= 15 is 0 Å². The second kappa shape index (κ2) is 3.25. The minimum atomic E-state index is 0.273. The van der Waals surface area contributed by atoms with Gasteiger partial charge in [-0.3, -0.25) is 4.90 Å². The van der Waals surface area contributed by atoms with E-state index in [4.69, 9.17) is 4.74 Å². The Balaban J connectivity index is 2.01. The number of hydrogen-bond donors (Lipinski definition) is 0. The predicted octanol–water partition coefficient (Wildman–Crippen LogP) is 1.90. The van der Waals surface area contributed by atoms with Crippen molar-refractivity contribution in [2.75, 3.05) is 19.7 Å². The zero-order valence-corrected chi connectivity index (χ0v) is 9.05. The lowest BCUT2D eigenvalue weighted by molar-refractivity contribution is 0.0223. The Morgan fingerprint density at radius 1 is 1.38 bits per heavy atom. The predicted molar refractivity (Wildman–Crippen MR) is 53.8 cm³/mol. The number of rotatable bonds is 1. The third kappa shape index (κ3) is 2.05. The quantitative estimate of drug-likeness (QED) is 0.615. The molecule has 0 bridgehead atoms. The molecule has 0 aromatic rings. The molecule has 1 aliphatic carbocycles. The van der Waals surface area contributed by atoms with Crippen LogP contribution in [-0.2, 0) is 4.74 Å². The molecular formula is C11H21NO. The summed E-state index contributed by atoms with van der Waals surface area (Å²) in [6.07, 6.45) is 2.56. The molecule has 0 unspecified atom stereocenters. The summed E-state index contributed by atoms with van der Waals surface area (Å²) < 4.78 is 5.95. The van der Waals surface area contributed by atoms with Gasteiger partial charge in [-0.15, -0.1) is 0 Å². The van der Waals surface area contributed by atoms with E-state index < -0.39 is 0 Å². The SMILES string of the molecule is CC(C)N1C[C@H](C)COC2(CC2)C1. The van der Waals surface area contributed by atoms with Crippen LogP contribution in [0.25, 0.3) is 0 Å². The number of ether oxygens (including phenoxy) is 1. The van der Waals surface area contributed by atoms with Crippen molar-refractivity contribution >= 4 is 0 Å². The fourth-order valence-corrected chi connectivity index (χ4v) is 2.09. The molecule has 13 heavy (non-hydrogen) atoms. The highest BCUT2D eigenvalue weighted by Crippen LogP contribution is 2.42. The Bertz CT molecular complexity index is 187. The Morgan fingerprint density at radius 2 is 2.08 bits per heavy atom. The van der Waals surface area contributed by atoms with Crippen LogP contribution in [0.1, 0.15) is 33.6 Å². The molecule has 0 aromatic heterocycles. The fraction of sp³-hybridized carbons (Fsp3) is 1.00. The van der Waals surface area contributed by atoms with E-state index in [1.807, 2.05) is 0 Å². The topological polar surface area (TPSA) is 12.5 Å². The van der Waals surface area contributed by atoms with Gasteiger partial charge in [0.2, 0.25) is 0 Å². The average molecular weight is 183 g/mol. The van der Waals surface area contributed by atoms with Gasteiger partial charge in [-0.2, -0.15) is 0 Å². The molecule has 1 saturated carbocycles. The molecular weight excluding hydrogens is 162 g/mol. The van der Waals surface area contributed by atoms with Crippen LogP contribution >= 0.6 is 0 Å². The molecule has 0 amide bonds. The van der Waals surface area contributed by atoms with E-state index in [2.05, 4.69) is 25.7 Å². The summed E-state index contributed by atoms with van der Waals surface area (Å²) in [4.78, 5) is 2.57. The summed E-state index contributed by atoms with van der Waals surface area (Å²) >= 11 is 0. The summed E-state index contributed by atoms with van der Waals surface area (Å²) in [6, 6.07) is 0.668. The van der Waals surface area contributed by atoms with Crippen LogP contribution in [0.2, 0.25) is 0 Å². The minimum absolute atomic E-state index is 0.273. The van der Waals surface area contributed by atoms with Crippen molar-refractivity contribution in [1.29, 1.82) is 0 Å². The highest BCUT2D eigenvalue weighted by molar-refractivity contribution is 5.00. The minimum Gasteiger partial charge on any atom is -0.373 e. The Kier molecular flexibility index (Phi) is 2.37. The first kappa shape index (κ1) is 9.47. The van der Waals surface area contributed by atoms with Crippen LogP contribution in [0.4, 0.5) is 0 Å². The number of hydrogen-bond acceptors (Lipinski definition) is 2. The second-order valence-electron chi connectivity index (χ2n) is 5.12. The van der Waals surface area contributed by atoms with Crippen LogP contribution in [0.15, 0.2) is 0 Å². The van der Waals surface area contributed by atoms with Crippen molar-refractivity contribution in [2.24, 2.45) is 5.92 Å². The fourth-order valence-electron chi connectivity index (χ4n) is 2.09. The first-order valence-electron chi connectivity index (χ1n) is 5.49. The highest BCUT2D eigenvalue weighted by atomic mass is 16.5. The van der Waals surface area contributed by atoms with Crippen molar-refractivity contribution in [3.8, 4) is 0 Å². The van der Waals surface area contributed by atoms with Gasteiger partial charge in [0.15, 0.2) is 0 Å². The van der Waals surface area contributed by atoms with Gasteiger partial charge in [-0.1, -0.05) is 6.92 Å². The summed E-state index contributed by atoms with van der Waals surface area (Å²) in [5, 5.41) is 0. The molecule has 2 aliphatic rings. The standard InChI is InChI=1S/C11H21NO/c1-9(2)12-6-10(3)7-13-11(8-12)4-5-11/h9-10H,4-8H2,1-3H3/t10-/m0/s1. The van der Waals surface area contributed by atoms with Gasteiger partial charge in [0.25, 0.3) is 0 Å². The molecule has 1 heterocycles. The number of nitrogens with zero attached hydrogens (tertiary/aromatic N) is 1. The van der Waals surface area contributed by atoms with Crippen LogP contribution in [0.3, 0.4) is 0 Å². The molecule has 1 saturated heterocycles. The van der Waals surface area contributed by atoms with Crippen molar-refractivity contribution < 1.29 is 4.74 Å². The van der Waals surface area contributed by atoms with Crippen molar-refractivity contribution in [3.63, 3.8) is 0 Å². The van der Waals surface area contributed by atoms with Gasteiger partial charge in [-0.05, 0) is 32.6 Å². The second-order valence-corrected chi connectivity index (χ2v) is 5.12. The van der Waals surface area contributed by atoms with Crippen molar-refractivity contribution in [3.05, 3.63) is 0 Å². The van der Waals surface area contributed by atoms with E-state index in [0.29, 0.717) is 12.0 Å². The van der Waals surface area contributed by atoms with E-state index in [0.717, 1.165) is 13.2 Å². The zero-order chi connectivity index (χ0) is 9.47.